The first kappa shape index (κ1) is 25.6. The van der Waals surface area contributed by atoms with Gasteiger partial charge < -0.3 is 20.1 Å². The number of nitrogens with one attached hydrogen (secondary N) is 2. The number of halogens is 1. The third-order valence-corrected chi connectivity index (χ3v) is 6.13. The number of benzene rings is 2. The summed E-state index contributed by atoms with van der Waals surface area (Å²) < 4.78 is 18.0. The molecule has 0 unspecified atom stereocenters. The highest BCUT2D eigenvalue weighted by Gasteiger charge is 2.16. The van der Waals surface area contributed by atoms with E-state index in [4.69, 9.17) is 4.74 Å². The predicted octanol–water partition coefficient (Wildman–Crippen LogP) is 2.94. The van der Waals surface area contributed by atoms with Crippen LogP contribution in [0.1, 0.15) is 40.4 Å². The molecule has 0 amide bonds. The Morgan fingerprint density at radius 2 is 1.75 bits per heavy atom. The Labute approximate surface area is 210 Å². The molecule has 1 fully saturated rings. The number of morpholine rings is 1. The summed E-state index contributed by atoms with van der Waals surface area (Å²) in [7, 11) is 0. The van der Waals surface area contributed by atoms with E-state index in [1.165, 1.54) is 11.9 Å². The maximum atomic E-state index is 12.6. The molecule has 3 N–H and O–H groups in total. The Hall–Kier alpha value is -3.51. The molecule has 0 bridgehead atoms. The highest BCUT2D eigenvalue weighted by atomic mass is 19.1. The molecule has 0 radical (unpaired) electrons. The fourth-order valence-corrected chi connectivity index (χ4v) is 4.08. The van der Waals surface area contributed by atoms with Crippen molar-refractivity contribution in [3.8, 4) is 17.6 Å². The number of aromatic nitrogens is 2. The van der Waals surface area contributed by atoms with Gasteiger partial charge in [-0.1, -0.05) is 36.1 Å². The zero-order valence-corrected chi connectivity index (χ0v) is 20.2. The molecule has 2 aromatic carbocycles. The van der Waals surface area contributed by atoms with E-state index >= 15 is 0 Å². The van der Waals surface area contributed by atoms with Crippen molar-refractivity contribution in [2.24, 2.45) is 0 Å². The molecular formula is C28H31FN4O3. The molecule has 0 aliphatic carbocycles. The molecular weight excluding hydrogens is 459 g/mol. The van der Waals surface area contributed by atoms with Crippen molar-refractivity contribution in [1.29, 1.82) is 0 Å². The monoisotopic (exact) mass is 490 g/mol. The maximum absolute atomic E-state index is 12.6. The van der Waals surface area contributed by atoms with E-state index in [1.54, 1.807) is 0 Å². The molecule has 2 heterocycles. The van der Waals surface area contributed by atoms with Gasteiger partial charge in [-0.3, -0.25) is 14.1 Å². The molecule has 1 atom stereocenters. The maximum Gasteiger partial charge on any atom is 0.293 e. The van der Waals surface area contributed by atoms with Crippen LogP contribution in [0.25, 0.3) is 0 Å². The van der Waals surface area contributed by atoms with Crippen molar-refractivity contribution in [3.05, 3.63) is 93.2 Å². The molecule has 1 aliphatic rings. The van der Waals surface area contributed by atoms with Gasteiger partial charge in [0, 0.05) is 43.2 Å². The normalized spacial score (nSPS) is 14.7. The molecule has 0 saturated carbocycles. The van der Waals surface area contributed by atoms with Gasteiger partial charge in [0.05, 0.1) is 31.9 Å². The van der Waals surface area contributed by atoms with Crippen LogP contribution in [-0.2, 0) is 17.7 Å². The summed E-state index contributed by atoms with van der Waals surface area (Å²) in [5.41, 5.74) is 3.73. The molecule has 3 aromatic rings. The number of alkyl halides is 1. The van der Waals surface area contributed by atoms with Gasteiger partial charge in [0.2, 0.25) is 5.75 Å². The van der Waals surface area contributed by atoms with Gasteiger partial charge >= 0.3 is 0 Å². The van der Waals surface area contributed by atoms with E-state index in [9.17, 15) is 14.3 Å². The zero-order chi connectivity index (χ0) is 25.2. The number of aromatic amines is 1. The van der Waals surface area contributed by atoms with Crippen LogP contribution in [0.4, 0.5) is 4.39 Å². The first-order valence-electron chi connectivity index (χ1n) is 12.2. The lowest BCUT2D eigenvalue weighted by Gasteiger charge is -2.26. The van der Waals surface area contributed by atoms with E-state index in [2.05, 4.69) is 44.2 Å². The van der Waals surface area contributed by atoms with Crippen LogP contribution < -0.4 is 10.9 Å². The molecule has 1 saturated heterocycles. The summed E-state index contributed by atoms with van der Waals surface area (Å²) in [5.74, 6) is 6.02. The van der Waals surface area contributed by atoms with Crippen LogP contribution >= 0.6 is 0 Å². The van der Waals surface area contributed by atoms with Gasteiger partial charge in [-0.2, -0.15) is 0 Å². The Morgan fingerprint density at radius 1 is 1.08 bits per heavy atom. The zero-order valence-electron chi connectivity index (χ0n) is 20.2. The Bertz CT molecular complexity index is 1230. The predicted molar refractivity (Wildman–Crippen MR) is 137 cm³/mol. The third-order valence-electron chi connectivity index (χ3n) is 6.13. The van der Waals surface area contributed by atoms with Crippen LogP contribution in [0.15, 0.2) is 59.7 Å². The summed E-state index contributed by atoms with van der Waals surface area (Å²) in [6.07, 6.45) is 1.94. The largest absolute Gasteiger partial charge is 0.502 e. The third kappa shape index (κ3) is 7.25. The number of hydrogen-bond donors (Lipinski definition) is 3. The molecule has 4 rings (SSSR count). The molecule has 7 nitrogen and oxygen atoms in total. The number of nitrogens with zero attached hydrogens (tertiary/aromatic N) is 2. The van der Waals surface area contributed by atoms with Crippen LogP contribution in [0, 0.1) is 11.8 Å². The van der Waals surface area contributed by atoms with E-state index in [0.717, 1.165) is 49.5 Å². The van der Waals surface area contributed by atoms with Gasteiger partial charge in [0.15, 0.2) is 0 Å². The number of H-pyrrole nitrogens is 1. The lowest BCUT2D eigenvalue weighted by molar-refractivity contribution is 0.0342. The summed E-state index contributed by atoms with van der Waals surface area (Å²) in [5, 5.41) is 13.4. The number of hydrogen-bond acceptors (Lipinski definition) is 6. The molecule has 8 heteroatoms. The average molecular weight is 491 g/mol. The molecule has 1 aliphatic heterocycles. The van der Waals surface area contributed by atoms with Crippen molar-refractivity contribution in [3.63, 3.8) is 0 Å². The fraction of sp³-hybridized carbons (Fsp3) is 0.357. The van der Waals surface area contributed by atoms with E-state index in [1.807, 2.05) is 36.4 Å². The number of ether oxygens (including phenoxy) is 1. The summed E-state index contributed by atoms with van der Waals surface area (Å²) in [4.78, 5) is 20.6. The van der Waals surface area contributed by atoms with Gasteiger partial charge in [0.1, 0.15) is 0 Å². The second-order valence-corrected chi connectivity index (χ2v) is 8.74. The van der Waals surface area contributed by atoms with Crippen LogP contribution in [0.5, 0.6) is 5.75 Å². The number of rotatable bonds is 9. The number of aromatic hydroxyl groups is 1. The van der Waals surface area contributed by atoms with Crippen molar-refractivity contribution in [1.82, 2.24) is 20.2 Å². The smallest absolute Gasteiger partial charge is 0.293 e. The Kier molecular flexibility index (Phi) is 9.22. The summed E-state index contributed by atoms with van der Waals surface area (Å²) in [6.45, 7) is 4.48. The lowest BCUT2D eigenvalue weighted by atomic mass is 9.99. The summed E-state index contributed by atoms with van der Waals surface area (Å²) in [6, 6.07) is 15.9. The minimum atomic E-state index is -0.581. The van der Waals surface area contributed by atoms with Crippen LogP contribution in [0.3, 0.4) is 0 Å². The topological polar surface area (TPSA) is 90.5 Å². The molecule has 1 aromatic heterocycles. The SMILES string of the molecule is O=c1[nH]cnc(C[C@H](NCCCF)c2ccc(C#Cc3ccc(CN4CCOCC4)cc3)cc2)c1O. The highest BCUT2D eigenvalue weighted by Crippen LogP contribution is 2.21. The van der Waals surface area contributed by atoms with Gasteiger partial charge in [-0.05, 0) is 48.4 Å². The van der Waals surface area contributed by atoms with Crippen molar-refractivity contribution >= 4 is 0 Å². The first-order chi connectivity index (χ1) is 17.6. The van der Waals surface area contributed by atoms with Crippen LogP contribution in [-0.4, -0.2) is 59.5 Å². The lowest BCUT2D eigenvalue weighted by Crippen LogP contribution is -2.35. The quantitative estimate of drug-likeness (QED) is 0.316. The fourth-order valence-electron chi connectivity index (χ4n) is 4.08. The molecule has 188 valence electrons. The molecule has 0 spiro atoms. The first-order valence-corrected chi connectivity index (χ1v) is 12.2. The van der Waals surface area contributed by atoms with Crippen molar-refractivity contribution in [2.75, 3.05) is 39.5 Å². The summed E-state index contributed by atoms with van der Waals surface area (Å²) >= 11 is 0. The van der Waals surface area contributed by atoms with Gasteiger partial charge in [-0.15, -0.1) is 0 Å². The minimum absolute atomic E-state index is 0.238. The van der Waals surface area contributed by atoms with Crippen molar-refractivity contribution in [2.45, 2.75) is 25.4 Å². The standard InChI is InChI=1S/C28H31FN4O3/c29-12-1-13-30-25(18-26-27(34)28(35)32-20-31-26)24-10-8-22(9-11-24)3-2-21-4-6-23(7-5-21)19-33-14-16-36-17-15-33/h4-11,20,25,30,34H,1,12-19H2,(H,31,32,35)/t25-/m0/s1. The van der Waals surface area contributed by atoms with Crippen molar-refractivity contribution < 1.29 is 14.2 Å². The van der Waals surface area contributed by atoms with Crippen LogP contribution in [0.2, 0.25) is 0 Å². The second-order valence-electron chi connectivity index (χ2n) is 8.74. The Morgan fingerprint density at radius 3 is 2.42 bits per heavy atom. The minimum Gasteiger partial charge on any atom is -0.502 e. The van der Waals surface area contributed by atoms with E-state index in [0.29, 0.717) is 19.4 Å². The second kappa shape index (κ2) is 13.0. The highest BCUT2D eigenvalue weighted by molar-refractivity contribution is 5.44. The van der Waals surface area contributed by atoms with Gasteiger partial charge in [0.25, 0.3) is 5.56 Å². The van der Waals surface area contributed by atoms with E-state index < -0.39 is 18.0 Å². The van der Waals surface area contributed by atoms with Gasteiger partial charge in [-0.25, -0.2) is 4.98 Å². The average Bonchev–Trinajstić information content (AvgIpc) is 2.91. The Balaban J connectivity index is 1.42. The van der Waals surface area contributed by atoms with E-state index in [-0.39, 0.29) is 11.7 Å². The molecule has 36 heavy (non-hydrogen) atoms.